The molecule has 12 heteroatoms. The summed E-state index contributed by atoms with van der Waals surface area (Å²) in [5.41, 5.74) is 12.3. The lowest BCUT2D eigenvalue weighted by molar-refractivity contribution is -0.387. The first-order chi connectivity index (χ1) is 16.8. The molecule has 4 rings (SSSR count). The molecule has 2 amide bonds. The van der Waals surface area contributed by atoms with Crippen molar-refractivity contribution in [1.82, 2.24) is 14.6 Å². The zero-order valence-electron chi connectivity index (χ0n) is 18.7. The molecule has 35 heavy (non-hydrogen) atoms. The van der Waals surface area contributed by atoms with Crippen molar-refractivity contribution in [1.29, 1.82) is 0 Å². The first kappa shape index (κ1) is 24.1. The molecule has 0 bridgehead atoms. The monoisotopic (exact) mass is 495 g/mol. The summed E-state index contributed by atoms with van der Waals surface area (Å²) in [6, 6.07) is 12.8. The van der Waals surface area contributed by atoms with E-state index in [0.717, 1.165) is 16.5 Å². The van der Waals surface area contributed by atoms with Gasteiger partial charge in [-0.1, -0.05) is 30.3 Å². The number of nitro benzene ring substituents is 1. The Bertz CT molecular complexity index is 1300. The van der Waals surface area contributed by atoms with Gasteiger partial charge in [0.2, 0.25) is 11.8 Å². The Morgan fingerprint density at radius 2 is 1.74 bits per heavy atom. The van der Waals surface area contributed by atoms with Gasteiger partial charge in [0.05, 0.1) is 10.4 Å². The second-order valence-corrected chi connectivity index (χ2v) is 9.10. The molecule has 1 aliphatic heterocycles. The van der Waals surface area contributed by atoms with Gasteiger partial charge < -0.3 is 22.1 Å². The molecule has 0 spiro atoms. The average Bonchev–Trinajstić information content (AvgIpc) is 3.17. The van der Waals surface area contributed by atoms with Gasteiger partial charge in [-0.05, 0) is 42.5 Å². The molecule has 1 fully saturated rings. The first-order valence-corrected chi connectivity index (χ1v) is 11.8. The molecule has 0 saturated carbocycles. The van der Waals surface area contributed by atoms with Gasteiger partial charge in [0.1, 0.15) is 17.0 Å². The summed E-state index contributed by atoms with van der Waals surface area (Å²) in [5.74, 6) is -0.529. The van der Waals surface area contributed by atoms with Crippen LogP contribution in [-0.4, -0.2) is 45.3 Å². The molecule has 3 aromatic rings. The number of piperazine rings is 1. The highest BCUT2D eigenvalue weighted by Gasteiger charge is 2.33. The highest BCUT2D eigenvalue weighted by atomic mass is 32.2. The van der Waals surface area contributed by atoms with Crippen LogP contribution in [0.25, 0.3) is 10.9 Å². The van der Waals surface area contributed by atoms with E-state index >= 15 is 0 Å². The maximum Gasteiger partial charge on any atom is 0.284 e. The topological polar surface area (TPSA) is 171 Å². The van der Waals surface area contributed by atoms with Crippen LogP contribution in [0.4, 0.5) is 5.69 Å². The lowest BCUT2D eigenvalue weighted by Gasteiger charge is -2.29. The summed E-state index contributed by atoms with van der Waals surface area (Å²) >= 11 is 1.23. The Morgan fingerprint density at radius 1 is 1.06 bits per heavy atom. The Hall–Kier alpha value is -4.06. The second kappa shape index (κ2) is 10.5. The molecule has 0 radical (unpaired) electrons. The Balaban J connectivity index is 1.51. The number of nitrogens with two attached hydrogens (primary N) is 2. The predicted octanol–water partition coefficient (Wildman–Crippen LogP) is 1.68. The Kier molecular flexibility index (Phi) is 7.20. The summed E-state index contributed by atoms with van der Waals surface area (Å²) in [5, 5.41) is 17.9. The number of carbonyl (C=O) groups excluding carboxylic acids is 2. The van der Waals surface area contributed by atoms with Crippen LogP contribution in [0.1, 0.15) is 18.4 Å². The van der Waals surface area contributed by atoms with Gasteiger partial charge in [0.15, 0.2) is 5.96 Å². The number of guanidine groups is 1. The number of rotatable bonds is 9. The van der Waals surface area contributed by atoms with Crippen molar-refractivity contribution in [3.05, 3.63) is 70.4 Å². The van der Waals surface area contributed by atoms with Gasteiger partial charge in [-0.3, -0.25) is 28.7 Å². The van der Waals surface area contributed by atoms with Gasteiger partial charge in [-0.25, -0.2) is 0 Å². The van der Waals surface area contributed by atoms with E-state index in [1.807, 2.05) is 34.4 Å². The summed E-state index contributed by atoms with van der Waals surface area (Å²) < 4.78 is 1.85. The number of amides is 2. The molecule has 11 nitrogen and oxygen atoms in total. The highest BCUT2D eigenvalue weighted by Crippen LogP contribution is 2.34. The number of fused-ring (bicyclic) bond motifs is 1. The molecule has 182 valence electrons. The lowest BCUT2D eigenvalue weighted by atomic mass is 10.00. The van der Waals surface area contributed by atoms with E-state index in [1.54, 1.807) is 18.2 Å². The number of nitro groups is 1. The van der Waals surface area contributed by atoms with Crippen LogP contribution in [-0.2, 0) is 16.0 Å². The zero-order chi connectivity index (χ0) is 24.9. The highest BCUT2D eigenvalue weighted by molar-refractivity contribution is 7.98. The number of benzene rings is 2. The van der Waals surface area contributed by atoms with E-state index in [9.17, 15) is 19.7 Å². The van der Waals surface area contributed by atoms with Crippen molar-refractivity contribution in [3.8, 4) is 0 Å². The predicted molar refractivity (Wildman–Crippen MR) is 134 cm³/mol. The fraction of sp³-hybridized carbons (Fsp3) is 0.261. The minimum Gasteiger partial charge on any atom is -0.370 e. The van der Waals surface area contributed by atoms with Crippen molar-refractivity contribution in [2.75, 3.05) is 6.54 Å². The number of nitrogens with zero attached hydrogens (tertiary/aromatic N) is 3. The smallest absolute Gasteiger partial charge is 0.284 e. The minimum atomic E-state index is -0.730. The van der Waals surface area contributed by atoms with Crippen LogP contribution in [0.15, 0.2) is 64.6 Å². The van der Waals surface area contributed by atoms with E-state index in [2.05, 4.69) is 15.6 Å². The van der Waals surface area contributed by atoms with Crippen LogP contribution < -0.4 is 22.1 Å². The molecular formula is C23H25N7O4S. The van der Waals surface area contributed by atoms with Crippen molar-refractivity contribution in [2.45, 2.75) is 36.2 Å². The van der Waals surface area contributed by atoms with Crippen LogP contribution in [0.2, 0.25) is 0 Å². The second-order valence-electron chi connectivity index (χ2n) is 8.09. The Labute approximate surface area is 205 Å². The standard InChI is InChI=1S/C23H25N7O4S/c24-23(25)26-11-5-7-16-21(31)28-17(22(32)27-16)12-14-13-29(18-8-2-1-6-15(14)18)35-20-10-4-3-9-19(20)30(33)34/h1-4,6,8-10,13,16-17H,5,7,11-12H2,(H,27,32)(H,28,31)(H4,24,25,26)/t16-,17+/m1/s1. The minimum absolute atomic E-state index is 0.0126. The summed E-state index contributed by atoms with van der Waals surface area (Å²) in [6.07, 6.45) is 3.11. The molecule has 1 saturated heterocycles. The van der Waals surface area contributed by atoms with Crippen LogP contribution in [0.5, 0.6) is 0 Å². The van der Waals surface area contributed by atoms with Crippen LogP contribution >= 0.6 is 11.9 Å². The number of hydrogen-bond acceptors (Lipinski definition) is 6. The van der Waals surface area contributed by atoms with Crippen molar-refractivity contribution >= 4 is 46.3 Å². The fourth-order valence-corrected chi connectivity index (χ4v) is 5.02. The van der Waals surface area contributed by atoms with E-state index < -0.39 is 17.0 Å². The van der Waals surface area contributed by atoms with Crippen LogP contribution in [0, 0.1) is 10.1 Å². The van der Waals surface area contributed by atoms with Crippen LogP contribution in [0.3, 0.4) is 0 Å². The lowest BCUT2D eigenvalue weighted by Crippen LogP contribution is -2.62. The number of carbonyl (C=O) groups is 2. The van der Waals surface area contributed by atoms with Gasteiger partial charge in [-0.2, -0.15) is 0 Å². The molecule has 2 heterocycles. The number of para-hydroxylation sites is 2. The summed E-state index contributed by atoms with van der Waals surface area (Å²) in [4.78, 5) is 40.8. The molecule has 0 aliphatic carbocycles. The average molecular weight is 496 g/mol. The van der Waals surface area contributed by atoms with E-state index in [0.29, 0.717) is 24.3 Å². The van der Waals surface area contributed by atoms with Gasteiger partial charge in [-0.15, -0.1) is 0 Å². The maximum atomic E-state index is 12.8. The molecule has 0 unspecified atom stereocenters. The molecule has 1 aliphatic rings. The molecule has 6 N–H and O–H groups in total. The third kappa shape index (κ3) is 5.54. The molecule has 2 atom stereocenters. The largest absolute Gasteiger partial charge is 0.370 e. The summed E-state index contributed by atoms with van der Waals surface area (Å²) in [7, 11) is 0. The molecular weight excluding hydrogens is 470 g/mol. The zero-order valence-corrected chi connectivity index (χ0v) is 19.5. The van der Waals surface area contributed by atoms with Gasteiger partial charge in [0, 0.05) is 30.6 Å². The Morgan fingerprint density at radius 3 is 2.51 bits per heavy atom. The quantitative estimate of drug-likeness (QED) is 0.115. The first-order valence-electron chi connectivity index (χ1n) is 11.0. The number of hydrogen-bond donors (Lipinski definition) is 4. The fourth-order valence-electron chi connectivity index (χ4n) is 3.99. The van der Waals surface area contributed by atoms with Crippen molar-refractivity contribution < 1.29 is 14.5 Å². The molecule has 2 aromatic carbocycles. The number of nitrogens with one attached hydrogen (secondary N) is 2. The maximum absolute atomic E-state index is 12.8. The van der Waals surface area contributed by atoms with Gasteiger partial charge in [0.25, 0.3) is 5.69 Å². The normalized spacial score (nSPS) is 17.6. The third-order valence-corrected chi connectivity index (χ3v) is 6.70. The molecule has 1 aromatic heterocycles. The third-order valence-electron chi connectivity index (χ3n) is 5.65. The van der Waals surface area contributed by atoms with E-state index in [1.165, 1.54) is 18.0 Å². The summed E-state index contributed by atoms with van der Waals surface area (Å²) in [6.45, 7) is 0.377. The van der Waals surface area contributed by atoms with E-state index in [4.69, 9.17) is 11.5 Å². The van der Waals surface area contributed by atoms with E-state index in [-0.39, 0.29) is 29.9 Å². The van der Waals surface area contributed by atoms with Gasteiger partial charge >= 0.3 is 0 Å². The SMILES string of the molecule is NC(N)=NCCC[C@H]1NC(=O)[C@H](Cc2cn(Sc3ccccc3[N+](=O)[O-])c3ccccc23)NC1=O. The van der Waals surface area contributed by atoms with Crippen molar-refractivity contribution in [2.24, 2.45) is 16.5 Å². The number of aliphatic imine (C=N–C) groups is 1. The number of aromatic nitrogens is 1. The van der Waals surface area contributed by atoms with Crippen molar-refractivity contribution in [3.63, 3.8) is 0 Å².